The molecule has 2 heterocycles. The van der Waals surface area contributed by atoms with Gasteiger partial charge in [-0.1, -0.05) is 69.5 Å². The molecule has 0 bridgehead atoms. The van der Waals surface area contributed by atoms with Crippen LogP contribution in [0.4, 0.5) is 5.69 Å². The van der Waals surface area contributed by atoms with Crippen LogP contribution in [-0.4, -0.2) is 57.1 Å². The van der Waals surface area contributed by atoms with Crippen LogP contribution in [0.15, 0.2) is 54.7 Å². The van der Waals surface area contributed by atoms with Crippen molar-refractivity contribution < 1.29 is 9.59 Å². The number of carbonyl (C=O) groups is 2. The molecular weight excluding hydrogens is 546 g/mol. The van der Waals surface area contributed by atoms with E-state index in [1.165, 1.54) is 42.1 Å². The topological polar surface area (TPSA) is 70.5 Å². The van der Waals surface area contributed by atoms with Gasteiger partial charge in [-0.25, -0.2) is 0 Å². The second kappa shape index (κ2) is 15.4. The van der Waals surface area contributed by atoms with Gasteiger partial charge in [0, 0.05) is 44.0 Å². The molecule has 0 spiro atoms. The van der Waals surface area contributed by atoms with Gasteiger partial charge in [0.1, 0.15) is 5.15 Å². The summed E-state index contributed by atoms with van der Waals surface area (Å²) < 4.78 is 1.46. The highest BCUT2D eigenvalue weighted by atomic mass is 35.5. The Bertz CT molecular complexity index is 1290. The molecule has 1 aliphatic heterocycles. The van der Waals surface area contributed by atoms with E-state index in [4.69, 9.17) is 11.6 Å². The van der Waals surface area contributed by atoms with Crippen LogP contribution in [0, 0.1) is 5.92 Å². The summed E-state index contributed by atoms with van der Waals surface area (Å²) in [6.07, 6.45) is 9.26. The quantitative estimate of drug-likeness (QED) is 0.213. The number of nitrogens with one attached hydrogen (secondary N) is 1. The third-order valence-corrected chi connectivity index (χ3v) is 8.68. The van der Waals surface area contributed by atoms with Crippen molar-refractivity contribution in [3.8, 4) is 0 Å². The van der Waals surface area contributed by atoms with Crippen LogP contribution in [-0.2, 0) is 20.0 Å². The fourth-order valence-corrected chi connectivity index (χ4v) is 5.66. The zero-order valence-corrected chi connectivity index (χ0v) is 26.4. The maximum absolute atomic E-state index is 14.0. The normalized spacial score (nSPS) is 14.3. The molecule has 2 amide bonds. The summed E-state index contributed by atoms with van der Waals surface area (Å²) in [4.78, 5) is 31.2. The highest BCUT2D eigenvalue weighted by molar-refractivity contribution is 6.33. The third-order valence-electron chi connectivity index (χ3n) is 8.23. The molecule has 0 atom stereocenters. The summed E-state index contributed by atoms with van der Waals surface area (Å²) in [6.45, 7) is 10.4. The number of hydrogen-bond acceptors (Lipinski definition) is 4. The van der Waals surface area contributed by atoms with Gasteiger partial charge in [0.2, 0.25) is 0 Å². The summed E-state index contributed by atoms with van der Waals surface area (Å²) in [5, 5.41) is 7.22. The second-order valence-corrected chi connectivity index (χ2v) is 12.3. The van der Waals surface area contributed by atoms with Crippen molar-refractivity contribution in [3.05, 3.63) is 82.1 Å². The van der Waals surface area contributed by atoms with Crippen molar-refractivity contribution in [2.45, 2.75) is 78.3 Å². The first-order chi connectivity index (χ1) is 20.2. The number of nitrogens with zero attached hydrogens (tertiary/aromatic N) is 4. The molecule has 1 N–H and O–H groups in total. The van der Waals surface area contributed by atoms with Gasteiger partial charge in [-0.3, -0.25) is 14.3 Å². The number of carbonyl (C=O) groups excluding carboxylic acids is 2. The van der Waals surface area contributed by atoms with Crippen molar-refractivity contribution in [3.63, 3.8) is 0 Å². The molecule has 1 fully saturated rings. The van der Waals surface area contributed by atoms with Crippen LogP contribution >= 0.6 is 11.6 Å². The standard InChI is InChI=1S/C34H46ClN5O2/c1-5-6-7-8-26-9-13-28(14-10-26)34(42)40(30-18-21-39(22-19-30)20-17-25(2)3)24-27-11-15-29(16-12-27)37-33(41)31-23-36-38(4)32(31)35/h9-16,23,25,30H,5-8,17-22,24H2,1-4H3,(H,37,41). The Hall–Kier alpha value is -3.16. The Morgan fingerprint density at radius 2 is 1.69 bits per heavy atom. The zero-order chi connectivity index (χ0) is 30.1. The number of aromatic nitrogens is 2. The van der Waals surface area contributed by atoms with E-state index in [1.807, 2.05) is 36.4 Å². The maximum Gasteiger partial charge on any atom is 0.260 e. The zero-order valence-electron chi connectivity index (χ0n) is 25.6. The van der Waals surface area contributed by atoms with Crippen LogP contribution < -0.4 is 5.32 Å². The Morgan fingerprint density at radius 3 is 2.29 bits per heavy atom. The van der Waals surface area contributed by atoms with Crippen molar-refractivity contribution in [2.24, 2.45) is 13.0 Å². The number of aryl methyl sites for hydroxylation is 2. The minimum Gasteiger partial charge on any atom is -0.331 e. The SMILES string of the molecule is CCCCCc1ccc(C(=O)N(Cc2ccc(NC(=O)c3cnn(C)c3Cl)cc2)C2CCN(CCC(C)C)CC2)cc1. The summed E-state index contributed by atoms with van der Waals surface area (Å²) >= 11 is 6.18. The Labute approximate surface area is 256 Å². The lowest BCUT2D eigenvalue weighted by Gasteiger charge is -2.39. The molecule has 1 aliphatic rings. The van der Waals surface area contributed by atoms with E-state index in [-0.39, 0.29) is 17.9 Å². The average molecular weight is 592 g/mol. The lowest BCUT2D eigenvalue weighted by Crippen LogP contribution is -2.47. The van der Waals surface area contributed by atoms with Gasteiger partial charge in [-0.05, 0) is 80.0 Å². The van der Waals surface area contributed by atoms with Crippen LogP contribution in [0.25, 0.3) is 0 Å². The molecule has 1 saturated heterocycles. The fourth-order valence-electron chi connectivity index (χ4n) is 5.48. The number of benzene rings is 2. The van der Waals surface area contributed by atoms with E-state index in [9.17, 15) is 9.59 Å². The molecule has 2 aromatic carbocycles. The highest BCUT2D eigenvalue weighted by Crippen LogP contribution is 2.24. The minimum absolute atomic E-state index is 0.0827. The van der Waals surface area contributed by atoms with E-state index < -0.39 is 0 Å². The van der Waals surface area contributed by atoms with E-state index in [0.717, 1.165) is 50.0 Å². The number of rotatable bonds is 13. The molecule has 226 valence electrons. The molecule has 0 unspecified atom stereocenters. The minimum atomic E-state index is -0.306. The monoisotopic (exact) mass is 591 g/mol. The third kappa shape index (κ3) is 8.68. The van der Waals surface area contributed by atoms with Gasteiger partial charge in [-0.2, -0.15) is 5.10 Å². The molecule has 1 aromatic heterocycles. The fraction of sp³-hybridized carbons (Fsp3) is 0.500. The predicted octanol–water partition coefficient (Wildman–Crippen LogP) is 7.21. The van der Waals surface area contributed by atoms with E-state index in [2.05, 4.69) is 53.1 Å². The first-order valence-corrected chi connectivity index (χ1v) is 15.8. The number of piperidine rings is 1. The van der Waals surface area contributed by atoms with Crippen molar-refractivity contribution in [2.75, 3.05) is 25.0 Å². The predicted molar refractivity (Wildman–Crippen MR) is 171 cm³/mol. The van der Waals surface area contributed by atoms with Gasteiger partial charge in [-0.15, -0.1) is 0 Å². The second-order valence-electron chi connectivity index (χ2n) is 12.0. The Morgan fingerprint density at radius 1 is 1.02 bits per heavy atom. The largest absolute Gasteiger partial charge is 0.331 e. The lowest BCUT2D eigenvalue weighted by molar-refractivity contribution is 0.0546. The number of unbranched alkanes of at least 4 members (excludes halogenated alkanes) is 2. The van der Waals surface area contributed by atoms with Crippen LogP contribution in [0.2, 0.25) is 5.15 Å². The van der Waals surface area contributed by atoms with E-state index >= 15 is 0 Å². The van der Waals surface area contributed by atoms with Gasteiger partial charge < -0.3 is 15.1 Å². The molecule has 8 heteroatoms. The molecule has 4 rings (SSSR count). The Kier molecular flexibility index (Phi) is 11.6. The lowest BCUT2D eigenvalue weighted by atomic mass is 9.99. The molecule has 42 heavy (non-hydrogen) atoms. The summed E-state index contributed by atoms with van der Waals surface area (Å²) in [5.74, 6) is 0.471. The van der Waals surface area contributed by atoms with Crippen molar-refractivity contribution in [1.82, 2.24) is 19.6 Å². The number of likely N-dealkylation sites (tertiary alicyclic amines) is 1. The maximum atomic E-state index is 14.0. The van der Waals surface area contributed by atoms with Crippen LogP contribution in [0.1, 0.15) is 91.1 Å². The van der Waals surface area contributed by atoms with Crippen LogP contribution in [0.3, 0.4) is 0 Å². The van der Waals surface area contributed by atoms with E-state index in [0.29, 0.717) is 28.9 Å². The van der Waals surface area contributed by atoms with Gasteiger partial charge >= 0.3 is 0 Å². The van der Waals surface area contributed by atoms with Crippen LogP contribution in [0.5, 0.6) is 0 Å². The molecular formula is C34H46ClN5O2. The van der Waals surface area contributed by atoms with E-state index in [1.54, 1.807) is 7.05 Å². The summed E-state index contributed by atoms with van der Waals surface area (Å²) in [7, 11) is 1.69. The number of anilines is 1. The first-order valence-electron chi connectivity index (χ1n) is 15.4. The highest BCUT2D eigenvalue weighted by Gasteiger charge is 2.29. The number of amides is 2. The van der Waals surface area contributed by atoms with Crippen molar-refractivity contribution in [1.29, 1.82) is 0 Å². The molecule has 3 aromatic rings. The summed E-state index contributed by atoms with van der Waals surface area (Å²) in [6, 6.07) is 16.1. The Balaban J connectivity index is 1.46. The van der Waals surface area contributed by atoms with Gasteiger partial charge in [0.15, 0.2) is 0 Å². The molecule has 0 aliphatic carbocycles. The average Bonchev–Trinajstić information content (AvgIpc) is 3.33. The first kappa shape index (κ1) is 31.8. The smallest absolute Gasteiger partial charge is 0.260 e. The molecule has 0 saturated carbocycles. The number of hydrogen-bond donors (Lipinski definition) is 1. The molecule has 0 radical (unpaired) electrons. The van der Waals surface area contributed by atoms with Crippen molar-refractivity contribution >= 4 is 29.1 Å². The molecule has 7 nitrogen and oxygen atoms in total. The van der Waals surface area contributed by atoms with Gasteiger partial charge in [0.25, 0.3) is 11.8 Å². The van der Waals surface area contributed by atoms with Gasteiger partial charge in [0.05, 0.1) is 11.8 Å². The number of halogens is 1. The summed E-state index contributed by atoms with van der Waals surface area (Å²) in [5.41, 5.74) is 4.05.